The Labute approximate surface area is 115 Å². The van der Waals surface area contributed by atoms with Crippen LogP contribution < -0.4 is 5.73 Å². The Kier molecular flexibility index (Phi) is 3.60. The number of hydrogen-bond donors (Lipinski definition) is 1. The molecule has 0 radical (unpaired) electrons. The summed E-state index contributed by atoms with van der Waals surface area (Å²) in [6.07, 6.45) is 2.78. The van der Waals surface area contributed by atoms with Crippen LogP contribution in [0.5, 0.6) is 0 Å². The molecule has 3 aliphatic rings. The summed E-state index contributed by atoms with van der Waals surface area (Å²) in [7, 11) is 0. The topological polar surface area (TPSA) is 57.0 Å². The minimum absolute atomic E-state index is 0.0394. The van der Waals surface area contributed by atoms with Gasteiger partial charge in [0.1, 0.15) is 0 Å². The van der Waals surface area contributed by atoms with Crippen molar-refractivity contribution in [1.82, 2.24) is 4.90 Å². The van der Waals surface area contributed by atoms with Gasteiger partial charge in [-0.2, -0.15) is 0 Å². The van der Waals surface area contributed by atoms with E-state index in [-0.39, 0.29) is 17.4 Å². The van der Waals surface area contributed by atoms with E-state index >= 15 is 0 Å². The maximum absolute atomic E-state index is 6.39. The van der Waals surface area contributed by atoms with E-state index < -0.39 is 0 Å². The monoisotopic (exact) mass is 270 g/mol. The summed E-state index contributed by atoms with van der Waals surface area (Å²) >= 11 is 0. The van der Waals surface area contributed by atoms with Gasteiger partial charge in [0.05, 0.1) is 26.4 Å². The van der Waals surface area contributed by atoms with Gasteiger partial charge < -0.3 is 19.9 Å². The Morgan fingerprint density at radius 2 is 1.89 bits per heavy atom. The third-order valence-electron chi connectivity index (χ3n) is 4.80. The lowest BCUT2D eigenvalue weighted by molar-refractivity contribution is -0.202. The van der Waals surface area contributed by atoms with Crippen molar-refractivity contribution in [3.05, 3.63) is 0 Å². The molecule has 0 aromatic rings. The highest BCUT2D eigenvalue weighted by atomic mass is 16.7. The Hall–Kier alpha value is -0.200. The van der Waals surface area contributed by atoms with Gasteiger partial charge in [0.25, 0.3) is 0 Å². The first kappa shape index (κ1) is 13.8. The molecule has 19 heavy (non-hydrogen) atoms. The number of ether oxygens (including phenoxy) is 3. The van der Waals surface area contributed by atoms with Crippen molar-refractivity contribution in [2.24, 2.45) is 5.73 Å². The number of nitrogens with zero attached hydrogens (tertiary/aromatic N) is 1. The summed E-state index contributed by atoms with van der Waals surface area (Å²) in [5, 5.41) is 0. The van der Waals surface area contributed by atoms with Crippen LogP contribution in [0.25, 0.3) is 0 Å². The molecular formula is C14H26N2O3. The molecule has 1 spiro atoms. The lowest BCUT2D eigenvalue weighted by Gasteiger charge is -2.52. The van der Waals surface area contributed by atoms with E-state index in [9.17, 15) is 0 Å². The van der Waals surface area contributed by atoms with Crippen LogP contribution in [0.2, 0.25) is 0 Å². The summed E-state index contributed by atoms with van der Waals surface area (Å²) in [5.74, 6) is -0.366. The quantitative estimate of drug-likeness (QED) is 0.761. The summed E-state index contributed by atoms with van der Waals surface area (Å²) < 4.78 is 17.4. The standard InChI is InChI=1S/C14H26N2O3/c1-13(2)10-17-6-5-16(13)12-9-14(4-3-11(12)15)18-7-8-19-14/h11-12H,3-10,15H2,1-2H3. The summed E-state index contributed by atoms with van der Waals surface area (Å²) in [6, 6.07) is 0.529. The van der Waals surface area contributed by atoms with Gasteiger partial charge in [0.15, 0.2) is 5.79 Å². The average molecular weight is 270 g/mol. The molecule has 0 aromatic carbocycles. The van der Waals surface area contributed by atoms with Gasteiger partial charge in [-0.1, -0.05) is 0 Å². The zero-order valence-corrected chi connectivity index (χ0v) is 12.1. The normalized spacial score (nSPS) is 38.7. The van der Waals surface area contributed by atoms with Crippen LogP contribution in [-0.4, -0.2) is 61.3 Å². The molecule has 3 fully saturated rings. The van der Waals surface area contributed by atoms with E-state index in [2.05, 4.69) is 18.7 Å². The summed E-state index contributed by atoms with van der Waals surface area (Å²) in [6.45, 7) is 8.41. The first-order chi connectivity index (χ1) is 9.03. The van der Waals surface area contributed by atoms with E-state index in [0.717, 1.165) is 39.0 Å². The highest BCUT2D eigenvalue weighted by Crippen LogP contribution is 2.39. The van der Waals surface area contributed by atoms with Crippen LogP contribution in [0.15, 0.2) is 0 Å². The molecule has 1 saturated carbocycles. The molecule has 2 atom stereocenters. The second kappa shape index (κ2) is 4.97. The maximum atomic E-state index is 6.39. The molecule has 2 aliphatic heterocycles. The molecule has 2 saturated heterocycles. The largest absolute Gasteiger partial charge is 0.378 e. The van der Waals surface area contributed by atoms with Crippen molar-refractivity contribution in [3.63, 3.8) is 0 Å². The van der Waals surface area contributed by atoms with Gasteiger partial charge >= 0.3 is 0 Å². The Morgan fingerprint density at radius 3 is 2.58 bits per heavy atom. The molecule has 2 N–H and O–H groups in total. The van der Waals surface area contributed by atoms with E-state index in [1.165, 1.54) is 0 Å². The maximum Gasteiger partial charge on any atom is 0.170 e. The highest BCUT2D eigenvalue weighted by Gasteiger charge is 2.48. The second-order valence-corrected chi connectivity index (χ2v) is 6.64. The number of nitrogens with two attached hydrogens (primary N) is 1. The average Bonchev–Trinajstić information content (AvgIpc) is 2.81. The minimum atomic E-state index is -0.366. The Balaban J connectivity index is 1.77. The molecule has 110 valence electrons. The summed E-state index contributed by atoms with van der Waals surface area (Å²) in [4.78, 5) is 2.51. The molecule has 3 rings (SSSR count). The minimum Gasteiger partial charge on any atom is -0.378 e. The van der Waals surface area contributed by atoms with Gasteiger partial charge in [-0.3, -0.25) is 4.90 Å². The Bertz CT molecular complexity index is 329. The summed E-state index contributed by atoms with van der Waals surface area (Å²) in [5.41, 5.74) is 6.43. The first-order valence-electron chi connectivity index (χ1n) is 7.40. The molecule has 0 bridgehead atoms. The van der Waals surface area contributed by atoms with Gasteiger partial charge in [-0.25, -0.2) is 0 Å². The fraction of sp³-hybridized carbons (Fsp3) is 1.00. The molecule has 5 heteroatoms. The van der Waals surface area contributed by atoms with Gasteiger partial charge in [0, 0.05) is 37.0 Å². The molecule has 0 amide bonds. The fourth-order valence-corrected chi connectivity index (χ4v) is 3.74. The lowest BCUT2D eigenvalue weighted by Crippen LogP contribution is -2.65. The second-order valence-electron chi connectivity index (χ2n) is 6.64. The Morgan fingerprint density at radius 1 is 1.16 bits per heavy atom. The van der Waals surface area contributed by atoms with E-state index in [1.54, 1.807) is 0 Å². The van der Waals surface area contributed by atoms with Crippen molar-refractivity contribution in [1.29, 1.82) is 0 Å². The zero-order chi connectivity index (χ0) is 13.5. The van der Waals surface area contributed by atoms with Crippen molar-refractivity contribution >= 4 is 0 Å². The van der Waals surface area contributed by atoms with Crippen molar-refractivity contribution in [2.75, 3.05) is 33.0 Å². The SMILES string of the molecule is CC1(C)COCCN1C1CC2(CCC1N)OCCO2. The number of rotatable bonds is 1. The van der Waals surface area contributed by atoms with E-state index in [1.807, 2.05) is 0 Å². The van der Waals surface area contributed by atoms with Gasteiger partial charge in [-0.15, -0.1) is 0 Å². The van der Waals surface area contributed by atoms with E-state index in [4.69, 9.17) is 19.9 Å². The number of morpholine rings is 1. The van der Waals surface area contributed by atoms with Crippen molar-refractivity contribution < 1.29 is 14.2 Å². The molecule has 5 nitrogen and oxygen atoms in total. The first-order valence-corrected chi connectivity index (χ1v) is 7.40. The smallest absolute Gasteiger partial charge is 0.170 e. The van der Waals surface area contributed by atoms with Gasteiger partial charge in [0.2, 0.25) is 0 Å². The highest BCUT2D eigenvalue weighted by molar-refractivity contribution is 5.00. The lowest BCUT2D eigenvalue weighted by atomic mass is 9.82. The molecule has 2 heterocycles. The van der Waals surface area contributed by atoms with Crippen LogP contribution >= 0.6 is 0 Å². The van der Waals surface area contributed by atoms with Crippen LogP contribution in [-0.2, 0) is 14.2 Å². The van der Waals surface area contributed by atoms with Crippen molar-refractivity contribution in [3.8, 4) is 0 Å². The third kappa shape index (κ3) is 2.54. The van der Waals surface area contributed by atoms with E-state index in [0.29, 0.717) is 19.3 Å². The fourth-order valence-electron chi connectivity index (χ4n) is 3.74. The van der Waals surface area contributed by atoms with Crippen LogP contribution in [0.3, 0.4) is 0 Å². The molecule has 2 unspecified atom stereocenters. The molecule has 1 aliphatic carbocycles. The van der Waals surface area contributed by atoms with Crippen LogP contribution in [0, 0.1) is 0 Å². The van der Waals surface area contributed by atoms with Crippen LogP contribution in [0.4, 0.5) is 0 Å². The zero-order valence-electron chi connectivity index (χ0n) is 12.1. The molecular weight excluding hydrogens is 244 g/mol. The predicted molar refractivity (Wildman–Crippen MR) is 71.9 cm³/mol. The predicted octanol–water partition coefficient (Wildman–Crippen LogP) is 0.720. The third-order valence-corrected chi connectivity index (χ3v) is 4.80. The number of hydrogen-bond acceptors (Lipinski definition) is 5. The molecule has 0 aromatic heterocycles. The van der Waals surface area contributed by atoms with Crippen molar-refractivity contribution in [2.45, 2.75) is 56.5 Å². The van der Waals surface area contributed by atoms with Crippen LogP contribution in [0.1, 0.15) is 33.1 Å². The van der Waals surface area contributed by atoms with Gasteiger partial charge in [-0.05, 0) is 20.3 Å².